The Labute approximate surface area is 257 Å². The summed E-state index contributed by atoms with van der Waals surface area (Å²) < 4.78 is 38.3. The maximum atomic E-state index is 8.74. The van der Waals surface area contributed by atoms with Gasteiger partial charge >= 0.3 is 10.4 Å². The molecule has 6 heteroatoms. The molecule has 0 amide bonds. The van der Waals surface area contributed by atoms with Crippen LogP contribution >= 0.6 is 0 Å². The molecule has 2 N–H and O–H groups in total. The van der Waals surface area contributed by atoms with Gasteiger partial charge in [0.25, 0.3) is 0 Å². The van der Waals surface area contributed by atoms with Gasteiger partial charge in [-0.25, -0.2) is 0 Å². The maximum Gasteiger partial charge on any atom is 0.394 e. The summed E-state index contributed by atoms with van der Waals surface area (Å²) in [6, 6.07) is 13.2. The fourth-order valence-electron chi connectivity index (χ4n) is 5.17. The topological polar surface area (TPSA) is 83.8 Å². The molecule has 0 radical (unpaired) electrons. The van der Waals surface area contributed by atoms with Crippen molar-refractivity contribution in [1.29, 1.82) is 0 Å². The molecule has 0 bridgehead atoms. The van der Waals surface area contributed by atoms with Crippen molar-refractivity contribution in [1.82, 2.24) is 0 Å². The summed E-state index contributed by atoms with van der Waals surface area (Å²) in [5.41, 5.74) is 5.27. The molecule has 236 valence electrons. The van der Waals surface area contributed by atoms with E-state index in [9.17, 15) is 0 Å². The molecule has 0 spiro atoms. The van der Waals surface area contributed by atoms with E-state index in [2.05, 4.69) is 88.4 Å². The van der Waals surface area contributed by atoms with E-state index >= 15 is 0 Å². The number of allylic oxidation sites excluding steroid dienone is 2. The molecule has 0 saturated carbocycles. The van der Waals surface area contributed by atoms with Crippen LogP contribution < -0.4 is 4.74 Å². The maximum absolute atomic E-state index is 8.74. The molecule has 0 aliphatic carbocycles. The van der Waals surface area contributed by atoms with E-state index in [0.29, 0.717) is 0 Å². The lowest BCUT2D eigenvalue weighted by molar-refractivity contribution is 0.381. The summed E-state index contributed by atoms with van der Waals surface area (Å²) >= 11 is 0. The molecule has 0 aromatic heterocycles. The van der Waals surface area contributed by atoms with Crippen molar-refractivity contribution in [2.24, 2.45) is 0 Å². The van der Waals surface area contributed by atoms with E-state index in [4.69, 9.17) is 22.3 Å². The molecule has 0 saturated heterocycles. The van der Waals surface area contributed by atoms with E-state index in [1.807, 2.05) is 0 Å². The van der Waals surface area contributed by atoms with Crippen LogP contribution in [0.1, 0.15) is 140 Å². The second-order valence-corrected chi connectivity index (χ2v) is 11.8. The highest BCUT2D eigenvalue weighted by molar-refractivity contribution is 7.79. The third kappa shape index (κ3) is 17.5. The molecule has 2 aromatic carbocycles. The number of hydrogen-bond donors (Lipinski definition) is 2. The predicted molar refractivity (Wildman–Crippen MR) is 180 cm³/mol. The summed E-state index contributed by atoms with van der Waals surface area (Å²) in [5.74, 6) is 1.94. The first-order valence-electron chi connectivity index (χ1n) is 16.1. The highest BCUT2D eigenvalue weighted by Gasteiger charge is 2.12. The number of hydrogen-bond acceptors (Lipinski definition) is 3. The number of benzene rings is 2. The molecule has 2 aromatic rings. The SMILES string of the molecule is CC=Cc1c(CCCCCCCCC)cccc1Oc1cccc(CCCCCCCCC)c1C=CC.O=S(=O)(O)O. The Morgan fingerprint density at radius 3 is 1.26 bits per heavy atom. The van der Waals surface area contributed by atoms with Crippen molar-refractivity contribution in [3.8, 4) is 11.5 Å². The first-order valence-corrected chi connectivity index (χ1v) is 17.5. The van der Waals surface area contributed by atoms with Gasteiger partial charge in [0.2, 0.25) is 0 Å². The minimum atomic E-state index is -4.67. The van der Waals surface area contributed by atoms with Crippen molar-refractivity contribution >= 4 is 22.6 Å². The van der Waals surface area contributed by atoms with Gasteiger partial charge in [0, 0.05) is 11.1 Å². The average Bonchev–Trinajstić information content (AvgIpc) is 2.94. The second-order valence-electron chi connectivity index (χ2n) is 11.0. The third-order valence-corrected chi connectivity index (χ3v) is 7.30. The summed E-state index contributed by atoms with van der Waals surface area (Å²) in [5, 5.41) is 0. The average molecular weight is 601 g/mol. The molecule has 0 unspecified atom stereocenters. The fourth-order valence-corrected chi connectivity index (χ4v) is 5.17. The zero-order valence-electron chi connectivity index (χ0n) is 26.6. The first kappa shape index (κ1) is 37.6. The van der Waals surface area contributed by atoms with Crippen LogP contribution in [-0.4, -0.2) is 17.5 Å². The molecule has 0 aliphatic heterocycles. The Morgan fingerprint density at radius 1 is 0.595 bits per heavy atom. The van der Waals surface area contributed by atoms with E-state index in [1.54, 1.807) is 0 Å². The minimum Gasteiger partial charge on any atom is -0.456 e. The summed E-state index contributed by atoms with van der Waals surface area (Å²) in [4.78, 5) is 0. The van der Waals surface area contributed by atoms with Crippen LogP contribution in [0.2, 0.25) is 0 Å². The highest BCUT2D eigenvalue weighted by atomic mass is 32.3. The van der Waals surface area contributed by atoms with E-state index in [-0.39, 0.29) is 0 Å². The van der Waals surface area contributed by atoms with Gasteiger partial charge < -0.3 is 4.74 Å². The van der Waals surface area contributed by atoms with Crippen LogP contribution in [-0.2, 0) is 23.2 Å². The first-order chi connectivity index (χ1) is 20.2. The van der Waals surface area contributed by atoms with Gasteiger partial charge in [0.1, 0.15) is 11.5 Å². The zero-order chi connectivity index (χ0) is 31.1. The molecular formula is C36H56O5S. The lowest BCUT2D eigenvalue weighted by Gasteiger charge is -2.17. The molecule has 0 fully saturated rings. The molecule has 42 heavy (non-hydrogen) atoms. The quantitative estimate of drug-likeness (QED) is 0.117. The van der Waals surface area contributed by atoms with Crippen LogP contribution in [0.5, 0.6) is 11.5 Å². The molecular weight excluding hydrogens is 544 g/mol. The summed E-state index contributed by atoms with van der Waals surface area (Å²) in [7, 11) is -4.67. The van der Waals surface area contributed by atoms with Gasteiger partial charge in [-0.05, 0) is 62.8 Å². The van der Waals surface area contributed by atoms with Gasteiger partial charge in [0.05, 0.1) is 0 Å². The van der Waals surface area contributed by atoms with Crippen molar-refractivity contribution < 1.29 is 22.3 Å². The predicted octanol–water partition coefficient (Wildman–Crippen LogP) is 11.5. The number of aryl methyl sites for hydroxylation is 2. The normalized spacial score (nSPS) is 11.7. The zero-order valence-corrected chi connectivity index (χ0v) is 27.4. The second kappa shape index (κ2) is 23.1. The Bertz CT molecular complexity index is 1070. The van der Waals surface area contributed by atoms with Crippen molar-refractivity contribution in [2.75, 3.05) is 0 Å². The largest absolute Gasteiger partial charge is 0.456 e. The van der Waals surface area contributed by atoms with Crippen LogP contribution in [0.4, 0.5) is 0 Å². The number of rotatable bonds is 20. The Morgan fingerprint density at radius 2 is 0.929 bits per heavy atom. The van der Waals surface area contributed by atoms with Gasteiger partial charge in [-0.2, -0.15) is 8.42 Å². The number of ether oxygens (including phenoxy) is 1. The Kier molecular flexibility index (Phi) is 20.7. The summed E-state index contributed by atoms with van der Waals surface area (Å²) in [6.45, 7) is 8.77. The third-order valence-electron chi connectivity index (χ3n) is 7.30. The van der Waals surface area contributed by atoms with Gasteiger partial charge in [0.15, 0.2) is 0 Å². The van der Waals surface area contributed by atoms with Gasteiger partial charge in [-0.15, -0.1) is 0 Å². The van der Waals surface area contributed by atoms with Crippen LogP contribution in [0.25, 0.3) is 12.2 Å². The van der Waals surface area contributed by atoms with Crippen molar-refractivity contribution in [3.05, 3.63) is 70.8 Å². The van der Waals surface area contributed by atoms with E-state index < -0.39 is 10.4 Å². The smallest absolute Gasteiger partial charge is 0.394 e. The Balaban J connectivity index is 0.00000162. The van der Waals surface area contributed by atoms with Crippen molar-refractivity contribution in [3.63, 3.8) is 0 Å². The molecule has 0 heterocycles. The van der Waals surface area contributed by atoms with E-state index in [1.165, 1.54) is 112 Å². The van der Waals surface area contributed by atoms with Crippen molar-refractivity contribution in [2.45, 2.75) is 130 Å². The highest BCUT2D eigenvalue weighted by Crippen LogP contribution is 2.34. The Hall–Kier alpha value is -2.41. The van der Waals surface area contributed by atoms with Crippen LogP contribution in [0.3, 0.4) is 0 Å². The molecule has 0 aliphatic rings. The standard InChI is InChI=1S/C36H54O.H2O4S/c1-5-9-11-13-15-17-19-25-31-27-21-29-35(33(31)23-7-3)37-36-30-22-28-32(34(36)24-8-4)26-20-18-16-14-12-10-6-2;1-5(2,3)4/h7-8,21-24,27-30H,5-6,9-20,25-26H2,1-4H3;(H2,1,2,3,4). The lowest BCUT2D eigenvalue weighted by atomic mass is 9.98. The lowest BCUT2D eigenvalue weighted by Crippen LogP contribution is -1.98. The molecule has 2 rings (SSSR count). The van der Waals surface area contributed by atoms with Gasteiger partial charge in [-0.3, -0.25) is 9.11 Å². The van der Waals surface area contributed by atoms with Crippen LogP contribution in [0, 0.1) is 0 Å². The summed E-state index contributed by atoms with van der Waals surface area (Å²) in [6.07, 6.45) is 29.7. The van der Waals surface area contributed by atoms with Gasteiger partial charge in [-0.1, -0.05) is 139 Å². The monoisotopic (exact) mass is 600 g/mol. The minimum absolute atomic E-state index is 0.970. The fraction of sp³-hybridized carbons (Fsp3) is 0.556. The van der Waals surface area contributed by atoms with Crippen LogP contribution in [0.15, 0.2) is 48.6 Å². The molecule has 5 nitrogen and oxygen atoms in total. The van der Waals surface area contributed by atoms with E-state index in [0.717, 1.165) is 24.3 Å². The molecule has 0 atom stereocenters. The number of unbranched alkanes of at least 4 members (excludes halogenated alkanes) is 12.